The number of rotatable bonds is 0. The van der Waals surface area contributed by atoms with Gasteiger partial charge in [-0.05, 0) is 64.2 Å². The zero-order valence-corrected chi connectivity index (χ0v) is 17.9. The van der Waals surface area contributed by atoms with Crippen molar-refractivity contribution in [3.05, 3.63) is 0 Å². The normalized spacial score (nSPS) is 57.0. The van der Waals surface area contributed by atoms with E-state index in [1.54, 1.807) is 0 Å². The lowest BCUT2D eigenvalue weighted by Crippen LogP contribution is -2.68. The van der Waals surface area contributed by atoms with Gasteiger partial charge in [0.15, 0.2) is 5.79 Å². The number of ether oxygens (including phenoxy) is 4. The first-order valence-corrected chi connectivity index (χ1v) is 11.2. The van der Waals surface area contributed by atoms with Crippen molar-refractivity contribution in [3.63, 3.8) is 0 Å². The predicted molar refractivity (Wildman–Crippen MR) is 103 cm³/mol. The van der Waals surface area contributed by atoms with E-state index < -0.39 is 5.79 Å². The molecule has 0 aromatic carbocycles. The molecule has 4 heteroatoms. The Bertz CT molecular complexity index is 611. The fraction of sp³-hybridized carbons (Fsp3) is 1.00. The Kier molecular flexibility index (Phi) is 3.99. The first-order valence-electron chi connectivity index (χ1n) is 11.2. The van der Waals surface area contributed by atoms with E-state index in [1.165, 1.54) is 32.1 Å². The van der Waals surface area contributed by atoms with Crippen molar-refractivity contribution in [3.8, 4) is 0 Å². The van der Waals surface area contributed by atoms with E-state index in [0.29, 0.717) is 17.9 Å². The third-order valence-corrected chi connectivity index (χ3v) is 9.45. The SMILES string of the molecule is C[C@@H]1CC[C@@H]2[C@]3(C)COC(C)(C)O[C@H]3CC[C@]2(C)[C@]12CC[C@@]1(CCOC1)O2. The number of hydrogen-bond donors (Lipinski definition) is 0. The van der Waals surface area contributed by atoms with Crippen LogP contribution in [0.2, 0.25) is 0 Å². The van der Waals surface area contributed by atoms with Crippen molar-refractivity contribution < 1.29 is 18.9 Å². The zero-order valence-electron chi connectivity index (χ0n) is 17.9. The molecule has 3 aliphatic heterocycles. The highest BCUT2D eigenvalue weighted by Crippen LogP contribution is 2.69. The Labute approximate surface area is 164 Å². The first kappa shape index (κ1) is 18.8. The Balaban J connectivity index is 1.51. The van der Waals surface area contributed by atoms with Gasteiger partial charge in [-0.1, -0.05) is 20.8 Å². The molecule has 0 aromatic rings. The highest BCUT2D eigenvalue weighted by molar-refractivity contribution is 5.18. The summed E-state index contributed by atoms with van der Waals surface area (Å²) in [5.41, 5.74) is 0.250. The first-order chi connectivity index (χ1) is 12.7. The Morgan fingerprint density at radius 3 is 2.41 bits per heavy atom. The van der Waals surface area contributed by atoms with Crippen LogP contribution in [0.15, 0.2) is 0 Å². The lowest BCUT2D eigenvalue weighted by atomic mass is 9.43. The summed E-state index contributed by atoms with van der Waals surface area (Å²) < 4.78 is 25.6. The van der Waals surface area contributed by atoms with E-state index in [9.17, 15) is 0 Å². The Morgan fingerprint density at radius 1 is 0.852 bits per heavy atom. The molecule has 5 rings (SSSR count). The molecule has 4 nitrogen and oxygen atoms in total. The zero-order chi connectivity index (χ0) is 19.1. The van der Waals surface area contributed by atoms with Crippen LogP contribution in [0.25, 0.3) is 0 Å². The maximum atomic E-state index is 7.18. The van der Waals surface area contributed by atoms with E-state index in [4.69, 9.17) is 18.9 Å². The van der Waals surface area contributed by atoms with Gasteiger partial charge in [-0.2, -0.15) is 0 Å². The van der Waals surface area contributed by atoms with Gasteiger partial charge in [0.05, 0.1) is 30.5 Å². The topological polar surface area (TPSA) is 36.9 Å². The molecule has 3 saturated heterocycles. The molecule has 7 atom stereocenters. The molecule has 2 spiro atoms. The van der Waals surface area contributed by atoms with Crippen LogP contribution in [0.3, 0.4) is 0 Å². The van der Waals surface area contributed by atoms with Crippen molar-refractivity contribution in [2.75, 3.05) is 19.8 Å². The average Bonchev–Trinajstić information content (AvgIpc) is 3.23. The summed E-state index contributed by atoms with van der Waals surface area (Å²) in [7, 11) is 0. The summed E-state index contributed by atoms with van der Waals surface area (Å²) >= 11 is 0. The van der Waals surface area contributed by atoms with Crippen LogP contribution in [-0.2, 0) is 18.9 Å². The monoisotopic (exact) mass is 378 g/mol. The fourth-order valence-corrected chi connectivity index (χ4v) is 7.86. The second kappa shape index (κ2) is 5.71. The van der Waals surface area contributed by atoms with E-state index in [0.717, 1.165) is 32.7 Å². The van der Waals surface area contributed by atoms with Crippen molar-refractivity contribution >= 4 is 0 Å². The van der Waals surface area contributed by atoms with E-state index >= 15 is 0 Å². The largest absolute Gasteiger partial charge is 0.378 e. The Hall–Kier alpha value is -0.160. The molecule has 27 heavy (non-hydrogen) atoms. The van der Waals surface area contributed by atoms with Crippen LogP contribution in [0.1, 0.15) is 79.6 Å². The van der Waals surface area contributed by atoms with Crippen LogP contribution >= 0.6 is 0 Å². The van der Waals surface area contributed by atoms with Crippen molar-refractivity contribution in [2.45, 2.75) is 103 Å². The van der Waals surface area contributed by atoms with Crippen LogP contribution in [0, 0.1) is 22.7 Å². The molecular formula is C23H38O4. The fourth-order valence-electron chi connectivity index (χ4n) is 7.86. The van der Waals surface area contributed by atoms with E-state index in [2.05, 4.69) is 34.6 Å². The van der Waals surface area contributed by atoms with Crippen molar-refractivity contribution in [2.24, 2.45) is 22.7 Å². The third-order valence-electron chi connectivity index (χ3n) is 9.45. The molecule has 2 saturated carbocycles. The van der Waals surface area contributed by atoms with E-state index in [-0.39, 0.29) is 22.0 Å². The van der Waals surface area contributed by atoms with Crippen LogP contribution < -0.4 is 0 Å². The average molecular weight is 379 g/mol. The summed E-state index contributed by atoms with van der Waals surface area (Å²) in [4.78, 5) is 0. The lowest BCUT2D eigenvalue weighted by molar-refractivity contribution is -0.358. The van der Waals surface area contributed by atoms with Gasteiger partial charge in [-0.15, -0.1) is 0 Å². The van der Waals surface area contributed by atoms with Gasteiger partial charge in [0.1, 0.15) is 0 Å². The second-order valence-corrected chi connectivity index (χ2v) is 11.3. The van der Waals surface area contributed by atoms with Crippen LogP contribution in [-0.4, -0.2) is 42.9 Å². The van der Waals surface area contributed by atoms with Gasteiger partial charge >= 0.3 is 0 Å². The number of fused-ring (bicyclic) bond motifs is 4. The van der Waals surface area contributed by atoms with Gasteiger partial charge in [0.2, 0.25) is 0 Å². The summed E-state index contributed by atoms with van der Waals surface area (Å²) in [6.07, 6.45) is 8.58. The van der Waals surface area contributed by atoms with Gasteiger partial charge in [-0.25, -0.2) is 0 Å². The molecule has 5 aliphatic rings. The minimum absolute atomic E-state index is 0.00936. The quantitative estimate of drug-likeness (QED) is 0.612. The third kappa shape index (κ3) is 2.42. The van der Waals surface area contributed by atoms with Gasteiger partial charge in [-0.3, -0.25) is 0 Å². The van der Waals surface area contributed by atoms with Crippen LogP contribution in [0.5, 0.6) is 0 Å². The molecule has 0 bridgehead atoms. The maximum Gasteiger partial charge on any atom is 0.163 e. The summed E-state index contributed by atoms with van der Waals surface area (Å²) in [5, 5.41) is 0. The Morgan fingerprint density at radius 2 is 1.67 bits per heavy atom. The molecule has 0 aromatic heterocycles. The van der Waals surface area contributed by atoms with E-state index in [1.807, 2.05) is 0 Å². The molecule has 0 radical (unpaired) electrons. The van der Waals surface area contributed by atoms with Crippen molar-refractivity contribution in [1.82, 2.24) is 0 Å². The molecule has 0 amide bonds. The smallest absolute Gasteiger partial charge is 0.163 e. The van der Waals surface area contributed by atoms with Gasteiger partial charge in [0.25, 0.3) is 0 Å². The second-order valence-electron chi connectivity index (χ2n) is 11.3. The van der Waals surface area contributed by atoms with Gasteiger partial charge < -0.3 is 18.9 Å². The standard InChI is InChI=1S/C23H38O4/c1-16-6-7-17-20(4)14-25-19(2,3)26-18(20)8-9-21(17,5)23(16)11-10-22(27-23)12-13-24-15-22/h16-18H,6-15H2,1-5H3/t16-,17-,18+,20+,21+,22+,23+/m1/s1. The molecule has 0 N–H and O–H groups in total. The van der Waals surface area contributed by atoms with Gasteiger partial charge in [0, 0.05) is 23.9 Å². The lowest BCUT2D eigenvalue weighted by Gasteiger charge is -2.67. The maximum absolute atomic E-state index is 7.18. The minimum Gasteiger partial charge on any atom is -0.378 e. The van der Waals surface area contributed by atoms with Crippen molar-refractivity contribution in [1.29, 1.82) is 0 Å². The molecule has 2 aliphatic carbocycles. The van der Waals surface area contributed by atoms with Crippen LogP contribution in [0.4, 0.5) is 0 Å². The highest BCUT2D eigenvalue weighted by atomic mass is 16.7. The molecule has 0 unspecified atom stereocenters. The predicted octanol–water partition coefficient (Wildman–Crippen LogP) is 4.70. The molecule has 5 fully saturated rings. The molecule has 154 valence electrons. The summed E-state index contributed by atoms with van der Waals surface area (Å²) in [6, 6.07) is 0. The highest BCUT2D eigenvalue weighted by Gasteiger charge is 2.70. The molecule has 3 heterocycles. The summed E-state index contributed by atoms with van der Waals surface area (Å²) in [5.74, 6) is 0.751. The number of hydrogen-bond acceptors (Lipinski definition) is 4. The minimum atomic E-state index is -0.452. The summed E-state index contributed by atoms with van der Waals surface area (Å²) in [6.45, 7) is 14.0. The molecular weight excluding hydrogens is 340 g/mol.